The van der Waals surface area contributed by atoms with Crippen LogP contribution in [0, 0.1) is 0 Å². The Kier molecular flexibility index (Phi) is 8.01. The number of hydrogen-bond donors (Lipinski definition) is 0. The summed E-state index contributed by atoms with van der Waals surface area (Å²) in [6, 6.07) is 51.3. The second-order valence-electron chi connectivity index (χ2n) is 14.1. The zero-order chi connectivity index (χ0) is 35.9. The van der Waals surface area contributed by atoms with Crippen LogP contribution in [0.4, 0.5) is 11.6 Å². The van der Waals surface area contributed by atoms with Gasteiger partial charge < -0.3 is 4.90 Å². The van der Waals surface area contributed by atoms with Crippen molar-refractivity contribution in [2.45, 2.75) is 19.3 Å². The maximum atomic E-state index is 5.24. The van der Waals surface area contributed by atoms with Crippen molar-refractivity contribution in [3.8, 4) is 56.2 Å². The Balaban J connectivity index is 1.23. The summed E-state index contributed by atoms with van der Waals surface area (Å²) in [7, 11) is 0. The Morgan fingerprint density at radius 1 is 0.509 bits per heavy atom. The lowest BCUT2D eigenvalue weighted by atomic mass is 9.81. The van der Waals surface area contributed by atoms with Gasteiger partial charge in [-0.05, 0) is 50.6 Å². The minimum atomic E-state index is -0.124. The van der Waals surface area contributed by atoms with E-state index in [1.807, 2.05) is 24.3 Å². The summed E-state index contributed by atoms with van der Waals surface area (Å²) in [6.07, 6.45) is 8.35. The quantitative estimate of drug-likeness (QED) is 0.181. The van der Waals surface area contributed by atoms with Gasteiger partial charge in [0.2, 0.25) is 5.95 Å². The number of fused-ring (bicyclic) bond motifs is 4. The molecule has 0 saturated heterocycles. The fourth-order valence-electron chi connectivity index (χ4n) is 7.75. The molecule has 0 bridgehead atoms. The molecule has 0 radical (unpaired) electrons. The van der Waals surface area contributed by atoms with Gasteiger partial charge >= 0.3 is 0 Å². The Labute approximate surface area is 311 Å². The van der Waals surface area contributed by atoms with Gasteiger partial charge in [0.1, 0.15) is 0 Å². The van der Waals surface area contributed by atoms with E-state index >= 15 is 0 Å². The van der Waals surface area contributed by atoms with Crippen LogP contribution in [0.5, 0.6) is 0 Å². The first kappa shape index (κ1) is 32.3. The van der Waals surface area contributed by atoms with E-state index in [1.54, 1.807) is 0 Å². The number of nitrogens with zero attached hydrogens (tertiary/aromatic N) is 4. The molecule has 9 rings (SSSR count). The summed E-state index contributed by atoms with van der Waals surface area (Å²) in [6.45, 7) is 9.74. The molecule has 1 aliphatic heterocycles. The summed E-state index contributed by atoms with van der Waals surface area (Å²) in [5.74, 6) is 1.81. The van der Waals surface area contributed by atoms with Crippen LogP contribution in [0.2, 0.25) is 0 Å². The lowest BCUT2D eigenvalue weighted by Crippen LogP contribution is -2.22. The van der Waals surface area contributed by atoms with Crippen LogP contribution in [-0.2, 0) is 5.41 Å². The van der Waals surface area contributed by atoms with Crippen LogP contribution in [0.15, 0.2) is 176 Å². The van der Waals surface area contributed by atoms with Crippen LogP contribution < -0.4 is 4.90 Å². The van der Waals surface area contributed by atoms with Crippen molar-refractivity contribution in [3.63, 3.8) is 0 Å². The van der Waals surface area contributed by atoms with E-state index < -0.39 is 0 Å². The Bertz CT molecular complexity index is 2560. The molecule has 0 fully saturated rings. The topological polar surface area (TPSA) is 41.9 Å². The van der Waals surface area contributed by atoms with E-state index in [9.17, 15) is 0 Å². The van der Waals surface area contributed by atoms with Crippen LogP contribution >= 0.6 is 0 Å². The Hall–Kier alpha value is -6.65. The van der Waals surface area contributed by atoms with Crippen LogP contribution in [0.3, 0.4) is 0 Å². The average molecular weight is 683 g/mol. The van der Waals surface area contributed by atoms with Gasteiger partial charge in [-0.2, -0.15) is 9.97 Å². The molecule has 254 valence electrons. The molecule has 1 aromatic heterocycles. The van der Waals surface area contributed by atoms with Crippen molar-refractivity contribution in [1.82, 2.24) is 15.0 Å². The van der Waals surface area contributed by atoms with Gasteiger partial charge in [0.15, 0.2) is 11.6 Å². The van der Waals surface area contributed by atoms with Crippen molar-refractivity contribution in [1.29, 1.82) is 0 Å². The molecule has 2 aliphatic rings. The van der Waals surface area contributed by atoms with E-state index in [1.165, 1.54) is 27.8 Å². The molecule has 4 heteroatoms. The molecule has 0 atom stereocenters. The molecular weight excluding hydrogens is 645 g/mol. The number of anilines is 2. The van der Waals surface area contributed by atoms with Crippen molar-refractivity contribution in [2.75, 3.05) is 11.4 Å². The highest BCUT2D eigenvalue weighted by Crippen LogP contribution is 2.50. The first-order chi connectivity index (χ1) is 26.0. The molecular formula is C49H38N4. The minimum Gasteiger partial charge on any atom is -0.305 e. The number of hydrogen-bond acceptors (Lipinski definition) is 4. The molecule has 4 nitrogen and oxygen atoms in total. The Morgan fingerprint density at radius 2 is 1.08 bits per heavy atom. The normalized spacial score (nSPS) is 15.4. The molecule has 6 aromatic carbocycles. The minimum absolute atomic E-state index is 0.124. The van der Waals surface area contributed by atoms with Gasteiger partial charge in [-0.3, -0.25) is 0 Å². The number of para-hydroxylation sites is 1. The first-order valence-electron chi connectivity index (χ1n) is 18.1. The molecule has 53 heavy (non-hydrogen) atoms. The second kappa shape index (κ2) is 13.2. The third kappa shape index (κ3) is 5.79. The SMILES string of the molecule is C=C1/C=C\C=C/CN(c2nc(-c3ccccc3)nc(-c3ccc(-c4ccccc4)cc3)n2)c2c1cccc2-c1ccc2c(c1)C(C)(C)c1ccccc1-2. The summed E-state index contributed by atoms with van der Waals surface area (Å²) in [5.41, 5.74) is 14.5. The van der Waals surface area contributed by atoms with Crippen molar-refractivity contribution >= 4 is 17.2 Å². The molecule has 0 unspecified atom stereocenters. The number of allylic oxidation sites excluding steroid dienone is 4. The highest BCUT2D eigenvalue weighted by Gasteiger charge is 2.35. The van der Waals surface area contributed by atoms with Gasteiger partial charge in [0, 0.05) is 34.2 Å². The third-order valence-electron chi connectivity index (χ3n) is 10.5. The molecule has 0 spiro atoms. The fraction of sp³-hybridized carbons (Fsp3) is 0.0816. The summed E-state index contributed by atoms with van der Waals surface area (Å²) in [4.78, 5) is 17.7. The van der Waals surface area contributed by atoms with Crippen LogP contribution in [0.1, 0.15) is 30.5 Å². The zero-order valence-electron chi connectivity index (χ0n) is 29.9. The first-order valence-corrected chi connectivity index (χ1v) is 18.1. The number of rotatable bonds is 5. The standard InChI is InChI=1S/C49H38N4/c1-33-16-7-6-14-31-53(45-39(33)22-15-23-40(45)38-29-30-42-41-21-12-13-24-43(41)49(2,3)44(42)32-38)48-51-46(36-19-10-5-11-20-36)50-47(52-48)37-27-25-35(26-28-37)34-17-8-4-9-18-34/h4-30,32H,1,31H2,2-3H3/b14-6-,16-7-. The maximum absolute atomic E-state index is 5.24. The van der Waals surface area contributed by atoms with E-state index in [-0.39, 0.29) is 5.41 Å². The van der Waals surface area contributed by atoms with E-state index in [0.29, 0.717) is 24.1 Å². The highest BCUT2D eigenvalue weighted by atomic mass is 15.3. The van der Waals surface area contributed by atoms with Crippen molar-refractivity contribution in [2.24, 2.45) is 0 Å². The predicted molar refractivity (Wildman–Crippen MR) is 220 cm³/mol. The monoisotopic (exact) mass is 682 g/mol. The smallest absolute Gasteiger partial charge is 0.234 e. The third-order valence-corrected chi connectivity index (χ3v) is 10.5. The number of aromatic nitrogens is 3. The maximum Gasteiger partial charge on any atom is 0.234 e. The molecule has 0 saturated carbocycles. The molecule has 0 N–H and O–H groups in total. The van der Waals surface area contributed by atoms with Gasteiger partial charge in [-0.25, -0.2) is 4.98 Å². The summed E-state index contributed by atoms with van der Waals surface area (Å²) in [5, 5.41) is 0. The summed E-state index contributed by atoms with van der Waals surface area (Å²) < 4.78 is 0. The fourth-order valence-corrected chi connectivity index (χ4v) is 7.75. The summed E-state index contributed by atoms with van der Waals surface area (Å²) >= 11 is 0. The lowest BCUT2D eigenvalue weighted by molar-refractivity contribution is 0.660. The average Bonchev–Trinajstić information content (AvgIpc) is 3.49. The van der Waals surface area contributed by atoms with Crippen molar-refractivity contribution < 1.29 is 0 Å². The van der Waals surface area contributed by atoms with Gasteiger partial charge in [0.25, 0.3) is 0 Å². The Morgan fingerprint density at radius 3 is 1.83 bits per heavy atom. The predicted octanol–water partition coefficient (Wildman–Crippen LogP) is 12.1. The zero-order valence-corrected chi connectivity index (χ0v) is 29.9. The largest absolute Gasteiger partial charge is 0.305 e. The van der Waals surface area contributed by atoms with Gasteiger partial charge in [-0.15, -0.1) is 0 Å². The van der Waals surface area contributed by atoms with Gasteiger partial charge in [-0.1, -0.05) is 184 Å². The van der Waals surface area contributed by atoms with Crippen molar-refractivity contribution in [3.05, 3.63) is 193 Å². The van der Waals surface area contributed by atoms with Crippen LogP contribution in [0.25, 0.3) is 61.7 Å². The van der Waals surface area contributed by atoms with Gasteiger partial charge in [0.05, 0.1) is 5.69 Å². The van der Waals surface area contributed by atoms with Crippen LogP contribution in [-0.4, -0.2) is 21.5 Å². The van der Waals surface area contributed by atoms with E-state index in [0.717, 1.165) is 44.6 Å². The number of benzene rings is 6. The molecule has 1 aliphatic carbocycles. The van der Waals surface area contributed by atoms with E-state index in [4.69, 9.17) is 15.0 Å². The molecule has 7 aromatic rings. The second-order valence-corrected chi connectivity index (χ2v) is 14.1. The molecule has 2 heterocycles. The molecule has 0 amide bonds. The highest BCUT2D eigenvalue weighted by molar-refractivity contribution is 5.94. The van der Waals surface area contributed by atoms with E-state index in [2.05, 4.69) is 171 Å². The lowest BCUT2D eigenvalue weighted by Gasteiger charge is -2.28.